The largest absolute Gasteiger partial charge is 0.408 e. The molecule has 0 spiro atoms. The molecule has 1 aliphatic rings. The predicted octanol–water partition coefficient (Wildman–Crippen LogP) is 0.798. The Kier molecular flexibility index (Phi) is 5.74. The third-order valence-electron chi connectivity index (χ3n) is 5.15. The summed E-state index contributed by atoms with van der Waals surface area (Å²) in [6.45, 7) is 11.0. The van der Waals surface area contributed by atoms with Crippen LogP contribution in [0.25, 0.3) is 0 Å². The molecular formula is C16H29N3O5Si. The minimum atomic E-state index is -2.10. The van der Waals surface area contributed by atoms with Gasteiger partial charge in [-0.15, -0.1) is 0 Å². The number of nitrogens with one attached hydrogen (secondary N) is 1. The maximum atomic E-state index is 12.1. The molecule has 0 saturated carbocycles. The summed E-state index contributed by atoms with van der Waals surface area (Å²) in [7, 11) is -0.546. The Balaban J connectivity index is 2.38. The van der Waals surface area contributed by atoms with Crippen molar-refractivity contribution in [3.05, 3.63) is 33.1 Å². The Morgan fingerprint density at radius 2 is 1.96 bits per heavy atom. The molecule has 0 unspecified atom stereocenters. The number of hydrogen-bond donors (Lipinski definition) is 2. The van der Waals surface area contributed by atoms with Gasteiger partial charge >= 0.3 is 5.69 Å². The molecular weight excluding hydrogens is 342 g/mol. The van der Waals surface area contributed by atoms with E-state index >= 15 is 0 Å². The number of rotatable bonds is 5. The summed E-state index contributed by atoms with van der Waals surface area (Å²) < 4.78 is 19.4. The fraction of sp³-hybridized carbons (Fsp3) is 0.750. The van der Waals surface area contributed by atoms with Gasteiger partial charge in [-0.25, -0.2) is 4.79 Å². The van der Waals surface area contributed by atoms with E-state index in [4.69, 9.17) is 19.6 Å². The highest BCUT2D eigenvalue weighted by atomic mass is 28.4. The van der Waals surface area contributed by atoms with E-state index in [9.17, 15) is 9.59 Å². The summed E-state index contributed by atoms with van der Waals surface area (Å²) in [5.41, 5.74) is 4.87. The van der Waals surface area contributed by atoms with Gasteiger partial charge in [0.15, 0.2) is 14.5 Å². The van der Waals surface area contributed by atoms with Crippen molar-refractivity contribution in [1.82, 2.24) is 9.55 Å². The molecule has 0 radical (unpaired) electrons. The number of methoxy groups -OCH3 is 1. The van der Waals surface area contributed by atoms with E-state index in [0.29, 0.717) is 0 Å². The predicted molar refractivity (Wildman–Crippen MR) is 97.2 cm³/mol. The second-order valence-corrected chi connectivity index (χ2v) is 12.6. The molecule has 1 aliphatic heterocycles. The zero-order chi connectivity index (χ0) is 19.0. The van der Waals surface area contributed by atoms with Crippen LogP contribution >= 0.6 is 0 Å². The molecule has 1 saturated heterocycles. The molecule has 1 aromatic rings. The normalized spacial score (nSPS) is 27.6. The lowest BCUT2D eigenvalue weighted by atomic mass is 10.1. The van der Waals surface area contributed by atoms with Crippen LogP contribution in [0.15, 0.2) is 21.9 Å². The SMILES string of the molecule is CO[C@@H]1[C@H](O[Si](C)(C)C(C)(C)C)[C@@H](CN)O[C@H]1n1ccc(=O)[nH]c1=O. The lowest BCUT2D eigenvalue weighted by Gasteiger charge is -2.40. The molecule has 2 rings (SSSR count). The zero-order valence-corrected chi connectivity index (χ0v) is 16.7. The Morgan fingerprint density at radius 1 is 1.32 bits per heavy atom. The summed E-state index contributed by atoms with van der Waals surface area (Å²) in [5, 5.41) is 0.0113. The van der Waals surface area contributed by atoms with Crippen molar-refractivity contribution in [3.63, 3.8) is 0 Å². The van der Waals surface area contributed by atoms with E-state index in [0.717, 1.165) is 0 Å². The van der Waals surface area contributed by atoms with E-state index in [-0.39, 0.29) is 17.7 Å². The van der Waals surface area contributed by atoms with Crippen LogP contribution in [-0.4, -0.2) is 49.8 Å². The van der Waals surface area contributed by atoms with Gasteiger partial charge in [-0.05, 0) is 18.1 Å². The highest BCUT2D eigenvalue weighted by Crippen LogP contribution is 2.41. The van der Waals surface area contributed by atoms with Crippen molar-refractivity contribution in [1.29, 1.82) is 0 Å². The van der Waals surface area contributed by atoms with Crippen LogP contribution in [0.4, 0.5) is 0 Å². The molecule has 0 aliphatic carbocycles. The molecule has 2 heterocycles. The number of aromatic amines is 1. The van der Waals surface area contributed by atoms with Crippen LogP contribution < -0.4 is 17.0 Å². The number of aromatic nitrogens is 2. The molecule has 0 bridgehead atoms. The van der Waals surface area contributed by atoms with Crippen molar-refractivity contribution in [3.8, 4) is 0 Å². The Bertz CT molecular complexity index is 709. The second-order valence-electron chi connectivity index (χ2n) is 7.86. The maximum absolute atomic E-state index is 12.1. The summed E-state index contributed by atoms with van der Waals surface area (Å²) in [6, 6.07) is 1.27. The summed E-state index contributed by atoms with van der Waals surface area (Å²) in [6.07, 6.45) is -0.605. The lowest BCUT2D eigenvalue weighted by molar-refractivity contribution is -0.0522. The van der Waals surface area contributed by atoms with Crippen LogP contribution in [0.3, 0.4) is 0 Å². The number of ether oxygens (including phenoxy) is 2. The van der Waals surface area contributed by atoms with Crippen molar-refractivity contribution in [2.45, 2.75) is 63.4 Å². The number of hydrogen-bond acceptors (Lipinski definition) is 6. The number of nitrogens with two attached hydrogens (primary N) is 1. The molecule has 8 nitrogen and oxygen atoms in total. The molecule has 25 heavy (non-hydrogen) atoms. The fourth-order valence-electron chi connectivity index (χ4n) is 2.66. The lowest BCUT2D eigenvalue weighted by Crippen LogP contribution is -2.51. The fourth-order valence-corrected chi connectivity index (χ4v) is 3.98. The van der Waals surface area contributed by atoms with Gasteiger partial charge in [-0.1, -0.05) is 20.8 Å². The summed E-state index contributed by atoms with van der Waals surface area (Å²) in [5.74, 6) is 0. The summed E-state index contributed by atoms with van der Waals surface area (Å²) >= 11 is 0. The highest BCUT2D eigenvalue weighted by Gasteiger charge is 2.50. The minimum absolute atomic E-state index is 0.0113. The van der Waals surface area contributed by atoms with Gasteiger partial charge in [0.25, 0.3) is 5.56 Å². The second kappa shape index (κ2) is 7.16. The first kappa shape index (κ1) is 20.1. The standard InChI is InChI=1S/C16H29N3O5Si/c1-16(2,3)25(5,6)24-12-10(9-17)23-14(13(12)22-4)19-8-7-11(20)18-15(19)21/h7-8,10,12-14H,9,17H2,1-6H3,(H,18,20,21)/t10-,12-,13-,14-/m1/s1. The number of nitrogens with zero attached hydrogens (tertiary/aromatic N) is 1. The summed E-state index contributed by atoms with van der Waals surface area (Å²) in [4.78, 5) is 25.7. The number of H-pyrrole nitrogens is 1. The molecule has 3 N–H and O–H groups in total. The Labute approximate surface area is 148 Å². The van der Waals surface area contributed by atoms with Gasteiger partial charge in [0.05, 0.1) is 0 Å². The molecule has 142 valence electrons. The van der Waals surface area contributed by atoms with Gasteiger partial charge < -0.3 is 19.6 Å². The van der Waals surface area contributed by atoms with Crippen molar-refractivity contribution < 1.29 is 13.9 Å². The zero-order valence-electron chi connectivity index (χ0n) is 15.7. The van der Waals surface area contributed by atoms with Crippen LogP contribution in [0.5, 0.6) is 0 Å². The minimum Gasteiger partial charge on any atom is -0.408 e. The molecule has 9 heteroatoms. The van der Waals surface area contributed by atoms with Gasteiger partial charge in [0, 0.05) is 25.9 Å². The van der Waals surface area contributed by atoms with Crippen LogP contribution in [0, 0.1) is 0 Å². The molecule has 1 fully saturated rings. The average molecular weight is 372 g/mol. The van der Waals surface area contributed by atoms with Crippen molar-refractivity contribution in [2.24, 2.45) is 5.73 Å². The van der Waals surface area contributed by atoms with Crippen LogP contribution in [0.1, 0.15) is 27.0 Å². The molecule has 4 atom stereocenters. The van der Waals surface area contributed by atoms with E-state index in [1.165, 1.54) is 16.8 Å². The first-order chi connectivity index (χ1) is 11.5. The third kappa shape index (κ3) is 3.95. The first-order valence-corrected chi connectivity index (χ1v) is 11.3. The highest BCUT2D eigenvalue weighted by molar-refractivity contribution is 6.74. The Hall–Kier alpha value is -1.26. The van der Waals surface area contributed by atoms with E-state index in [1.807, 2.05) is 0 Å². The Morgan fingerprint density at radius 3 is 2.44 bits per heavy atom. The van der Waals surface area contributed by atoms with Gasteiger partial charge in [-0.3, -0.25) is 14.3 Å². The topological polar surface area (TPSA) is 109 Å². The smallest absolute Gasteiger partial charge is 0.330 e. The van der Waals surface area contributed by atoms with Gasteiger partial charge in [0.2, 0.25) is 0 Å². The van der Waals surface area contributed by atoms with Crippen LogP contribution in [0.2, 0.25) is 18.1 Å². The van der Waals surface area contributed by atoms with E-state index < -0.39 is 38.0 Å². The van der Waals surface area contributed by atoms with Crippen molar-refractivity contribution >= 4 is 8.32 Å². The maximum Gasteiger partial charge on any atom is 0.330 e. The molecule has 0 aromatic carbocycles. The first-order valence-electron chi connectivity index (χ1n) is 8.39. The monoisotopic (exact) mass is 371 g/mol. The molecule has 0 amide bonds. The average Bonchev–Trinajstić information content (AvgIpc) is 2.82. The van der Waals surface area contributed by atoms with Crippen LogP contribution in [-0.2, 0) is 13.9 Å². The van der Waals surface area contributed by atoms with Gasteiger partial charge in [0.1, 0.15) is 18.3 Å². The molecule has 1 aromatic heterocycles. The van der Waals surface area contributed by atoms with E-state index in [2.05, 4.69) is 38.8 Å². The quantitative estimate of drug-likeness (QED) is 0.741. The third-order valence-corrected chi connectivity index (χ3v) is 9.63. The van der Waals surface area contributed by atoms with Crippen molar-refractivity contribution in [2.75, 3.05) is 13.7 Å². The van der Waals surface area contributed by atoms with E-state index in [1.54, 1.807) is 7.11 Å². The van der Waals surface area contributed by atoms with Gasteiger partial charge in [-0.2, -0.15) is 0 Å².